The van der Waals surface area contributed by atoms with E-state index in [1.807, 2.05) is 12.2 Å². The minimum Gasteiger partial charge on any atom is -0.465 e. The van der Waals surface area contributed by atoms with Crippen molar-refractivity contribution in [3.8, 4) is 6.07 Å². The molecule has 1 unspecified atom stereocenters. The lowest BCUT2D eigenvalue weighted by Crippen LogP contribution is -2.43. The Morgan fingerprint density at radius 1 is 1.47 bits per heavy atom. The highest BCUT2D eigenvalue weighted by Crippen LogP contribution is 2.02. The highest BCUT2D eigenvalue weighted by molar-refractivity contribution is 6.45. The standard InChI is InChI=1S/C9H12N2O4/c1-2-3-4-6(11-9(14)15)8(13)7(12)5-10/h6,11H,2-4H2,1H3,(H,14,15). The van der Waals surface area contributed by atoms with E-state index in [1.165, 1.54) is 6.07 Å². The molecule has 0 radical (unpaired) electrons. The summed E-state index contributed by atoms with van der Waals surface area (Å²) in [7, 11) is 0. The van der Waals surface area contributed by atoms with Gasteiger partial charge in [-0.15, -0.1) is 0 Å². The van der Waals surface area contributed by atoms with Gasteiger partial charge in [0.05, 0.1) is 6.04 Å². The zero-order valence-corrected chi connectivity index (χ0v) is 8.32. The molecule has 1 atom stereocenters. The van der Waals surface area contributed by atoms with E-state index < -0.39 is 23.7 Å². The SMILES string of the molecule is CCCCC(NC(=O)O)C(=O)C(=O)C#N. The van der Waals surface area contributed by atoms with E-state index in [2.05, 4.69) is 0 Å². The van der Waals surface area contributed by atoms with Crippen LogP contribution in [-0.2, 0) is 9.59 Å². The van der Waals surface area contributed by atoms with Gasteiger partial charge in [-0.25, -0.2) is 4.79 Å². The zero-order chi connectivity index (χ0) is 11.8. The van der Waals surface area contributed by atoms with Gasteiger partial charge in [0.1, 0.15) is 6.07 Å². The molecule has 0 aliphatic heterocycles. The molecule has 2 N–H and O–H groups in total. The van der Waals surface area contributed by atoms with Crippen molar-refractivity contribution >= 4 is 17.7 Å². The number of unbranched alkanes of at least 4 members (excludes halogenated alkanes) is 1. The highest BCUT2D eigenvalue weighted by atomic mass is 16.4. The van der Waals surface area contributed by atoms with Gasteiger partial charge < -0.3 is 10.4 Å². The maximum atomic E-state index is 11.2. The fourth-order valence-corrected chi connectivity index (χ4v) is 1.04. The second-order valence-corrected chi connectivity index (χ2v) is 2.95. The highest BCUT2D eigenvalue weighted by Gasteiger charge is 2.25. The Morgan fingerprint density at radius 2 is 2.07 bits per heavy atom. The Balaban J connectivity index is 4.48. The van der Waals surface area contributed by atoms with E-state index in [0.29, 0.717) is 6.42 Å². The predicted molar refractivity (Wildman–Crippen MR) is 50.1 cm³/mol. The van der Waals surface area contributed by atoms with E-state index in [4.69, 9.17) is 10.4 Å². The van der Waals surface area contributed by atoms with Crippen molar-refractivity contribution in [2.75, 3.05) is 0 Å². The van der Waals surface area contributed by atoms with Crippen LogP contribution < -0.4 is 5.32 Å². The fourth-order valence-electron chi connectivity index (χ4n) is 1.04. The fraction of sp³-hybridized carbons (Fsp3) is 0.556. The van der Waals surface area contributed by atoms with Crippen molar-refractivity contribution in [2.45, 2.75) is 32.2 Å². The molecule has 0 fully saturated rings. The first-order valence-corrected chi connectivity index (χ1v) is 4.50. The molecule has 0 aromatic heterocycles. The first-order valence-electron chi connectivity index (χ1n) is 4.50. The summed E-state index contributed by atoms with van der Waals surface area (Å²) in [5.74, 6) is -2.21. The number of nitrogens with one attached hydrogen (secondary N) is 1. The molecule has 0 bridgehead atoms. The van der Waals surface area contributed by atoms with E-state index in [1.54, 1.807) is 0 Å². The number of ketones is 2. The van der Waals surface area contributed by atoms with E-state index in [-0.39, 0.29) is 6.42 Å². The molecule has 0 saturated heterocycles. The number of nitrogens with zero attached hydrogens (tertiary/aromatic N) is 1. The van der Waals surface area contributed by atoms with Gasteiger partial charge in [0, 0.05) is 0 Å². The summed E-state index contributed by atoms with van der Waals surface area (Å²) in [6.45, 7) is 1.87. The van der Waals surface area contributed by atoms with Gasteiger partial charge in [0.15, 0.2) is 0 Å². The Bertz CT molecular complexity index is 306. The number of hydrogen-bond acceptors (Lipinski definition) is 4. The van der Waals surface area contributed by atoms with Gasteiger partial charge in [0.25, 0.3) is 5.78 Å². The van der Waals surface area contributed by atoms with E-state index >= 15 is 0 Å². The normalized spacial score (nSPS) is 11.2. The average molecular weight is 212 g/mol. The molecule has 0 rings (SSSR count). The first-order chi connectivity index (χ1) is 7.02. The summed E-state index contributed by atoms with van der Waals surface area (Å²) in [6.07, 6.45) is 0.228. The third-order valence-electron chi connectivity index (χ3n) is 1.79. The predicted octanol–water partition coefficient (Wildman–Crippen LogP) is 0.475. The molecule has 0 saturated carbocycles. The van der Waals surface area contributed by atoms with Crippen molar-refractivity contribution in [3.63, 3.8) is 0 Å². The molecule has 0 heterocycles. The van der Waals surface area contributed by atoms with Crippen LogP contribution in [0.4, 0.5) is 4.79 Å². The first kappa shape index (κ1) is 13.1. The van der Waals surface area contributed by atoms with E-state index in [9.17, 15) is 14.4 Å². The summed E-state index contributed by atoms with van der Waals surface area (Å²) in [4.78, 5) is 32.3. The number of amides is 1. The number of rotatable bonds is 6. The molecule has 0 spiro atoms. The van der Waals surface area contributed by atoms with Crippen LogP contribution in [0, 0.1) is 11.3 Å². The van der Waals surface area contributed by atoms with E-state index in [0.717, 1.165) is 6.42 Å². The topological polar surface area (TPSA) is 107 Å². The monoisotopic (exact) mass is 212 g/mol. The number of Topliss-reactive ketones (excluding diaryl/α,β-unsaturated/α-hetero) is 2. The van der Waals surface area contributed by atoms with Crippen LogP contribution in [-0.4, -0.2) is 28.8 Å². The van der Waals surface area contributed by atoms with Crippen LogP contribution in [0.5, 0.6) is 0 Å². The Labute approximate surface area is 86.9 Å². The summed E-state index contributed by atoms with van der Waals surface area (Å²) >= 11 is 0. The maximum Gasteiger partial charge on any atom is 0.405 e. The lowest BCUT2D eigenvalue weighted by molar-refractivity contribution is -0.134. The minimum absolute atomic E-state index is 0.231. The molecule has 0 aromatic carbocycles. The molecular weight excluding hydrogens is 200 g/mol. The summed E-state index contributed by atoms with van der Waals surface area (Å²) in [5, 5.41) is 18.6. The molecule has 1 amide bonds. The Hall–Kier alpha value is -1.90. The molecule has 0 aromatic rings. The summed E-state index contributed by atoms with van der Waals surface area (Å²) in [6, 6.07) is 0.0713. The Morgan fingerprint density at radius 3 is 2.47 bits per heavy atom. The largest absolute Gasteiger partial charge is 0.465 e. The molecular formula is C9H12N2O4. The van der Waals surface area contributed by atoms with Gasteiger partial charge in [0.2, 0.25) is 5.78 Å². The molecule has 82 valence electrons. The lowest BCUT2D eigenvalue weighted by atomic mass is 10.0. The Kier molecular flexibility index (Phi) is 5.71. The van der Waals surface area contributed by atoms with Crippen molar-refractivity contribution in [3.05, 3.63) is 0 Å². The summed E-state index contributed by atoms with van der Waals surface area (Å²) < 4.78 is 0. The number of nitriles is 1. The average Bonchev–Trinajstić information content (AvgIpc) is 2.21. The van der Waals surface area contributed by atoms with Gasteiger partial charge in [-0.3, -0.25) is 9.59 Å². The smallest absolute Gasteiger partial charge is 0.405 e. The second kappa shape index (κ2) is 6.54. The maximum absolute atomic E-state index is 11.2. The van der Waals surface area contributed by atoms with Gasteiger partial charge >= 0.3 is 6.09 Å². The van der Waals surface area contributed by atoms with Crippen LogP contribution in [0.2, 0.25) is 0 Å². The number of carbonyl (C=O) groups is 3. The van der Waals surface area contributed by atoms with Crippen LogP contribution in [0.25, 0.3) is 0 Å². The number of carboxylic acid groups (broad SMARTS) is 1. The van der Waals surface area contributed by atoms with Gasteiger partial charge in [-0.1, -0.05) is 19.8 Å². The second-order valence-electron chi connectivity index (χ2n) is 2.95. The number of hydrogen-bond donors (Lipinski definition) is 2. The zero-order valence-electron chi connectivity index (χ0n) is 8.32. The summed E-state index contributed by atoms with van der Waals surface area (Å²) in [5.41, 5.74) is 0. The molecule has 0 aliphatic carbocycles. The van der Waals surface area contributed by atoms with Crippen molar-refractivity contribution in [2.24, 2.45) is 0 Å². The van der Waals surface area contributed by atoms with Gasteiger partial charge in [-0.2, -0.15) is 5.26 Å². The van der Waals surface area contributed by atoms with Crippen molar-refractivity contribution in [1.82, 2.24) is 5.32 Å². The molecule has 0 aliphatic rings. The molecule has 15 heavy (non-hydrogen) atoms. The van der Waals surface area contributed by atoms with Gasteiger partial charge in [-0.05, 0) is 6.42 Å². The molecule has 6 heteroatoms. The van der Waals surface area contributed by atoms with Crippen LogP contribution in [0.1, 0.15) is 26.2 Å². The van der Waals surface area contributed by atoms with Crippen LogP contribution in [0.3, 0.4) is 0 Å². The van der Waals surface area contributed by atoms with Crippen molar-refractivity contribution in [1.29, 1.82) is 5.26 Å². The lowest BCUT2D eigenvalue weighted by Gasteiger charge is -2.12. The molecule has 6 nitrogen and oxygen atoms in total. The van der Waals surface area contributed by atoms with Crippen molar-refractivity contribution < 1.29 is 19.5 Å². The third kappa shape index (κ3) is 4.76. The minimum atomic E-state index is -1.38. The third-order valence-corrected chi connectivity index (χ3v) is 1.79. The quantitative estimate of drug-likeness (QED) is 0.491. The number of carbonyl (C=O) groups excluding carboxylic acids is 2. The van der Waals surface area contributed by atoms with Crippen LogP contribution >= 0.6 is 0 Å². The van der Waals surface area contributed by atoms with Crippen LogP contribution in [0.15, 0.2) is 0 Å².